The van der Waals surface area contributed by atoms with Crippen LogP contribution in [0.25, 0.3) is 0 Å². The molecule has 2 N–H and O–H groups in total. The van der Waals surface area contributed by atoms with Gasteiger partial charge in [0.15, 0.2) is 0 Å². The van der Waals surface area contributed by atoms with E-state index in [1.807, 2.05) is 13.0 Å². The summed E-state index contributed by atoms with van der Waals surface area (Å²) in [5, 5.41) is 5.40. The number of nitrogens with zero attached hydrogens (tertiary/aromatic N) is 1. The second kappa shape index (κ2) is 6.71. The highest BCUT2D eigenvalue weighted by Gasteiger charge is 2.12. The first-order valence-electron chi connectivity index (χ1n) is 6.70. The van der Waals surface area contributed by atoms with Gasteiger partial charge in [0.2, 0.25) is 5.91 Å². The van der Waals surface area contributed by atoms with E-state index < -0.39 is 0 Å². The monoisotopic (exact) mass is 299 g/mol. The van der Waals surface area contributed by atoms with E-state index in [1.165, 1.54) is 14.0 Å². The van der Waals surface area contributed by atoms with Crippen molar-refractivity contribution in [3.63, 3.8) is 0 Å². The topological polar surface area (TPSA) is 80.3 Å². The zero-order valence-corrected chi connectivity index (χ0v) is 12.6. The molecule has 0 saturated carbocycles. The van der Waals surface area contributed by atoms with Crippen molar-refractivity contribution in [1.82, 2.24) is 4.98 Å². The van der Waals surface area contributed by atoms with Gasteiger partial charge in [-0.05, 0) is 37.3 Å². The van der Waals surface area contributed by atoms with Gasteiger partial charge in [-0.3, -0.25) is 9.59 Å². The Morgan fingerprint density at radius 1 is 1.14 bits per heavy atom. The first-order chi connectivity index (χ1) is 10.5. The Morgan fingerprint density at radius 2 is 1.91 bits per heavy atom. The highest BCUT2D eigenvalue weighted by atomic mass is 16.5. The molecule has 2 amide bonds. The summed E-state index contributed by atoms with van der Waals surface area (Å²) in [5.41, 5.74) is 2.10. The standard InChI is InChI=1S/C16H17N3O3/c1-10-5-4-6-13(17-10)16(21)19-14-9-12(18-11(2)20)7-8-15(14)22-3/h4-9H,1-3H3,(H,18,20)(H,19,21). The minimum absolute atomic E-state index is 0.192. The summed E-state index contributed by atoms with van der Waals surface area (Å²) in [6, 6.07) is 10.2. The Bertz CT molecular complexity index is 714. The molecule has 0 spiro atoms. The van der Waals surface area contributed by atoms with Crippen LogP contribution in [0.5, 0.6) is 5.75 Å². The maximum atomic E-state index is 12.3. The molecule has 1 aromatic heterocycles. The lowest BCUT2D eigenvalue weighted by molar-refractivity contribution is -0.114. The van der Waals surface area contributed by atoms with Crippen LogP contribution in [-0.4, -0.2) is 23.9 Å². The summed E-state index contributed by atoms with van der Waals surface area (Å²) in [7, 11) is 1.51. The van der Waals surface area contributed by atoms with Crippen molar-refractivity contribution in [3.8, 4) is 5.75 Å². The molecule has 0 saturated heterocycles. The number of amides is 2. The van der Waals surface area contributed by atoms with E-state index in [0.717, 1.165) is 5.69 Å². The molecule has 0 unspecified atom stereocenters. The quantitative estimate of drug-likeness (QED) is 0.909. The number of pyridine rings is 1. The van der Waals surface area contributed by atoms with E-state index in [9.17, 15) is 9.59 Å². The lowest BCUT2D eigenvalue weighted by Crippen LogP contribution is -2.15. The Kier molecular flexibility index (Phi) is 4.73. The number of anilines is 2. The molecule has 0 bridgehead atoms. The first kappa shape index (κ1) is 15.5. The maximum Gasteiger partial charge on any atom is 0.274 e. The second-order valence-electron chi connectivity index (χ2n) is 4.71. The summed E-state index contributed by atoms with van der Waals surface area (Å²) < 4.78 is 5.22. The summed E-state index contributed by atoms with van der Waals surface area (Å²) in [4.78, 5) is 27.5. The molecule has 0 aliphatic carbocycles. The Balaban J connectivity index is 2.26. The summed E-state index contributed by atoms with van der Waals surface area (Å²) in [5.74, 6) is -0.0418. The third kappa shape index (κ3) is 3.82. The van der Waals surface area contributed by atoms with Crippen LogP contribution < -0.4 is 15.4 Å². The molecule has 0 atom stereocenters. The van der Waals surface area contributed by atoms with Crippen LogP contribution >= 0.6 is 0 Å². The molecule has 1 heterocycles. The fourth-order valence-electron chi connectivity index (χ4n) is 1.94. The zero-order valence-electron chi connectivity index (χ0n) is 12.6. The predicted octanol–water partition coefficient (Wildman–Crippen LogP) is 2.61. The second-order valence-corrected chi connectivity index (χ2v) is 4.71. The van der Waals surface area contributed by atoms with Crippen LogP contribution in [0.2, 0.25) is 0 Å². The molecule has 0 aliphatic rings. The van der Waals surface area contributed by atoms with Crippen molar-refractivity contribution in [2.24, 2.45) is 0 Å². The number of hydrogen-bond donors (Lipinski definition) is 2. The van der Waals surface area contributed by atoms with Gasteiger partial charge in [-0.1, -0.05) is 6.07 Å². The zero-order chi connectivity index (χ0) is 16.1. The predicted molar refractivity (Wildman–Crippen MR) is 84.2 cm³/mol. The molecular formula is C16H17N3O3. The lowest BCUT2D eigenvalue weighted by atomic mass is 10.2. The van der Waals surface area contributed by atoms with E-state index >= 15 is 0 Å². The Hall–Kier alpha value is -2.89. The van der Waals surface area contributed by atoms with E-state index in [-0.39, 0.29) is 11.8 Å². The average Bonchev–Trinajstić information content (AvgIpc) is 2.47. The third-order valence-corrected chi connectivity index (χ3v) is 2.89. The number of aromatic nitrogens is 1. The number of carbonyl (C=O) groups excluding carboxylic acids is 2. The average molecular weight is 299 g/mol. The van der Waals surface area contributed by atoms with Gasteiger partial charge in [0.05, 0.1) is 12.8 Å². The summed E-state index contributed by atoms with van der Waals surface area (Å²) >= 11 is 0. The fraction of sp³-hybridized carbons (Fsp3) is 0.188. The SMILES string of the molecule is COc1ccc(NC(C)=O)cc1NC(=O)c1cccc(C)n1. The van der Waals surface area contributed by atoms with Gasteiger partial charge in [-0.15, -0.1) is 0 Å². The largest absolute Gasteiger partial charge is 0.495 e. The Labute approximate surface area is 128 Å². The van der Waals surface area contributed by atoms with Crippen LogP contribution in [0.3, 0.4) is 0 Å². The van der Waals surface area contributed by atoms with E-state index in [1.54, 1.807) is 30.3 Å². The highest BCUT2D eigenvalue weighted by molar-refractivity contribution is 6.04. The maximum absolute atomic E-state index is 12.3. The normalized spacial score (nSPS) is 9.95. The van der Waals surface area contributed by atoms with Gasteiger partial charge in [0.25, 0.3) is 5.91 Å². The summed E-state index contributed by atoms with van der Waals surface area (Å²) in [6.45, 7) is 3.23. The van der Waals surface area contributed by atoms with E-state index in [4.69, 9.17) is 4.74 Å². The van der Waals surface area contributed by atoms with Crippen molar-refractivity contribution < 1.29 is 14.3 Å². The van der Waals surface area contributed by atoms with E-state index in [2.05, 4.69) is 15.6 Å². The molecule has 0 aliphatic heterocycles. The molecule has 2 aromatic rings. The number of methoxy groups -OCH3 is 1. The summed E-state index contributed by atoms with van der Waals surface area (Å²) in [6.07, 6.45) is 0. The Morgan fingerprint density at radius 3 is 2.55 bits per heavy atom. The van der Waals surface area contributed by atoms with Crippen LogP contribution in [-0.2, 0) is 4.79 Å². The van der Waals surface area contributed by atoms with Crippen molar-refractivity contribution in [2.45, 2.75) is 13.8 Å². The first-order valence-corrected chi connectivity index (χ1v) is 6.70. The molecule has 114 valence electrons. The van der Waals surface area contributed by atoms with Crippen LogP contribution in [0.15, 0.2) is 36.4 Å². The number of nitrogens with one attached hydrogen (secondary N) is 2. The number of carbonyl (C=O) groups is 2. The smallest absolute Gasteiger partial charge is 0.274 e. The number of benzene rings is 1. The van der Waals surface area contributed by atoms with Crippen LogP contribution in [0.1, 0.15) is 23.1 Å². The minimum Gasteiger partial charge on any atom is -0.495 e. The lowest BCUT2D eigenvalue weighted by Gasteiger charge is -2.12. The number of aryl methyl sites for hydroxylation is 1. The highest BCUT2D eigenvalue weighted by Crippen LogP contribution is 2.28. The number of rotatable bonds is 4. The molecule has 0 radical (unpaired) electrons. The van der Waals surface area contributed by atoms with E-state index in [0.29, 0.717) is 22.8 Å². The van der Waals surface area contributed by atoms with Crippen molar-refractivity contribution in [2.75, 3.05) is 17.7 Å². The molecule has 6 nitrogen and oxygen atoms in total. The van der Waals surface area contributed by atoms with Crippen molar-refractivity contribution >= 4 is 23.2 Å². The fourth-order valence-corrected chi connectivity index (χ4v) is 1.94. The van der Waals surface area contributed by atoms with Gasteiger partial charge in [0.1, 0.15) is 11.4 Å². The molecule has 0 fully saturated rings. The van der Waals surface area contributed by atoms with Crippen molar-refractivity contribution in [1.29, 1.82) is 0 Å². The molecule has 1 aromatic carbocycles. The van der Waals surface area contributed by atoms with Crippen molar-refractivity contribution in [3.05, 3.63) is 47.8 Å². The molecule has 6 heteroatoms. The van der Waals surface area contributed by atoms with Gasteiger partial charge >= 0.3 is 0 Å². The van der Waals surface area contributed by atoms with Gasteiger partial charge in [-0.25, -0.2) is 4.98 Å². The molecule has 22 heavy (non-hydrogen) atoms. The number of ether oxygens (including phenoxy) is 1. The van der Waals surface area contributed by atoms with Gasteiger partial charge in [0, 0.05) is 18.3 Å². The van der Waals surface area contributed by atoms with Crippen LogP contribution in [0, 0.1) is 6.92 Å². The van der Waals surface area contributed by atoms with Gasteiger partial charge < -0.3 is 15.4 Å². The van der Waals surface area contributed by atoms with Crippen LogP contribution in [0.4, 0.5) is 11.4 Å². The molecule has 2 rings (SSSR count). The van der Waals surface area contributed by atoms with Gasteiger partial charge in [-0.2, -0.15) is 0 Å². The minimum atomic E-state index is -0.345. The third-order valence-electron chi connectivity index (χ3n) is 2.89. The molecular weight excluding hydrogens is 282 g/mol. The number of hydrogen-bond acceptors (Lipinski definition) is 4.